The third-order valence-electron chi connectivity index (χ3n) is 10.5. The van der Waals surface area contributed by atoms with E-state index in [1.807, 2.05) is 0 Å². The maximum atomic E-state index is 12.7. The van der Waals surface area contributed by atoms with E-state index in [0.717, 1.165) is 44.9 Å². The Morgan fingerprint density at radius 2 is 0.898 bits per heavy atom. The van der Waals surface area contributed by atoms with Gasteiger partial charge in [0, 0.05) is 12.8 Å². The molecule has 0 aliphatic carbocycles. The predicted molar refractivity (Wildman–Crippen MR) is 240 cm³/mol. The molecule has 0 aromatic carbocycles. The average Bonchev–Trinajstić information content (AvgIpc) is 3.21. The lowest BCUT2D eigenvalue weighted by molar-refractivity contribution is -0.161. The highest BCUT2D eigenvalue weighted by Crippen LogP contribution is 2.43. The van der Waals surface area contributed by atoms with Crippen molar-refractivity contribution in [2.45, 2.75) is 238 Å². The molecule has 0 heterocycles. The van der Waals surface area contributed by atoms with Crippen LogP contribution in [0.3, 0.4) is 0 Å². The number of carboxylic acid groups (broad SMARTS) is 1. The summed E-state index contributed by atoms with van der Waals surface area (Å²) >= 11 is 0. The number of phosphoric acid groups is 1. The Morgan fingerprint density at radius 3 is 1.36 bits per heavy atom. The van der Waals surface area contributed by atoms with Crippen molar-refractivity contribution in [1.29, 1.82) is 0 Å². The minimum Gasteiger partial charge on any atom is -0.480 e. The molecular weight excluding hydrogens is 769 g/mol. The molecule has 346 valence electrons. The lowest BCUT2D eigenvalue weighted by atomic mass is 10.0. The first-order valence-corrected chi connectivity index (χ1v) is 25.4. The van der Waals surface area contributed by atoms with E-state index in [-0.39, 0.29) is 19.4 Å². The number of allylic oxidation sites excluding steroid dienone is 4. The number of nitrogens with two attached hydrogens (primary N) is 1. The van der Waals surface area contributed by atoms with Gasteiger partial charge in [0.05, 0.1) is 13.2 Å². The average molecular weight is 858 g/mol. The molecule has 0 saturated heterocycles. The summed E-state index contributed by atoms with van der Waals surface area (Å²) in [5.41, 5.74) is 5.34. The highest BCUT2D eigenvalue weighted by atomic mass is 31.2. The fourth-order valence-corrected chi connectivity index (χ4v) is 7.46. The quantitative estimate of drug-likeness (QED) is 0.0230. The number of carbonyl (C=O) groups excluding carboxylic acids is 2. The summed E-state index contributed by atoms with van der Waals surface area (Å²) in [6, 6.07) is -1.52. The Labute approximate surface area is 360 Å². The van der Waals surface area contributed by atoms with Crippen LogP contribution in [0.2, 0.25) is 0 Å². The summed E-state index contributed by atoms with van der Waals surface area (Å²) in [5, 5.41) is 8.90. The molecule has 3 atom stereocenters. The number of unbranched alkanes of at least 4 members (excludes halogenated alkanes) is 27. The molecule has 0 aromatic heterocycles. The first-order valence-electron chi connectivity index (χ1n) is 23.9. The zero-order valence-corrected chi connectivity index (χ0v) is 38.5. The van der Waals surface area contributed by atoms with Gasteiger partial charge in [0.25, 0.3) is 0 Å². The Kier molecular flexibility index (Phi) is 41.2. The number of phosphoric ester groups is 1. The molecular formula is C47H88NO10P. The van der Waals surface area contributed by atoms with E-state index in [4.69, 9.17) is 24.8 Å². The molecule has 0 radical (unpaired) electrons. The van der Waals surface area contributed by atoms with Crippen LogP contribution in [0.15, 0.2) is 24.3 Å². The predicted octanol–water partition coefficient (Wildman–Crippen LogP) is 13.0. The second-order valence-corrected chi connectivity index (χ2v) is 17.7. The van der Waals surface area contributed by atoms with Crippen molar-refractivity contribution in [3.05, 3.63) is 24.3 Å². The van der Waals surface area contributed by atoms with E-state index in [2.05, 4.69) is 42.7 Å². The van der Waals surface area contributed by atoms with Crippen molar-refractivity contribution in [1.82, 2.24) is 0 Å². The molecule has 59 heavy (non-hydrogen) atoms. The number of carbonyl (C=O) groups is 3. The minimum atomic E-state index is -4.72. The summed E-state index contributed by atoms with van der Waals surface area (Å²) in [5.74, 6) is -2.41. The molecule has 4 N–H and O–H groups in total. The van der Waals surface area contributed by atoms with Gasteiger partial charge >= 0.3 is 25.7 Å². The molecule has 11 nitrogen and oxygen atoms in total. The number of ether oxygens (including phenoxy) is 2. The number of hydrogen-bond donors (Lipinski definition) is 3. The van der Waals surface area contributed by atoms with E-state index < -0.39 is 51.1 Å². The summed E-state index contributed by atoms with van der Waals surface area (Å²) in [4.78, 5) is 46.0. The molecule has 0 spiro atoms. The normalized spacial score (nSPS) is 13.8. The second-order valence-electron chi connectivity index (χ2n) is 16.2. The standard InChI is InChI=1S/C47H88NO10P/c1-3-5-7-9-11-13-15-17-19-20-21-22-23-25-27-29-31-33-35-37-39-46(50)58-43(41-56-59(53,54)57-42-44(48)47(51)52)40-55-45(49)38-36-34-32-30-28-26-24-18-16-14-12-10-8-6-4-2/h18,24,28,30,43-44H,3-17,19-23,25-27,29,31-42,48H2,1-2H3,(H,51,52)(H,53,54)/b24-18+,30-28+/t43-,44+/m1/s1. The lowest BCUT2D eigenvalue weighted by Crippen LogP contribution is -2.34. The first kappa shape index (κ1) is 57.0. The molecule has 0 saturated carbocycles. The maximum Gasteiger partial charge on any atom is 0.472 e. The van der Waals surface area contributed by atoms with Crippen LogP contribution in [0, 0.1) is 0 Å². The molecule has 0 aromatic rings. The summed E-state index contributed by atoms with van der Waals surface area (Å²) in [6.07, 6.45) is 45.3. The number of hydrogen-bond acceptors (Lipinski definition) is 9. The Balaban J connectivity index is 4.30. The van der Waals surface area contributed by atoms with Crippen LogP contribution in [0.1, 0.15) is 226 Å². The van der Waals surface area contributed by atoms with Crippen molar-refractivity contribution in [2.24, 2.45) is 5.73 Å². The van der Waals surface area contributed by atoms with Crippen LogP contribution in [-0.4, -0.2) is 59.9 Å². The molecule has 0 rings (SSSR count). The highest BCUT2D eigenvalue weighted by Gasteiger charge is 2.28. The van der Waals surface area contributed by atoms with Gasteiger partial charge in [-0.25, -0.2) is 4.57 Å². The van der Waals surface area contributed by atoms with Crippen LogP contribution in [0.4, 0.5) is 0 Å². The third-order valence-corrected chi connectivity index (χ3v) is 11.4. The van der Waals surface area contributed by atoms with Gasteiger partial charge in [-0.3, -0.25) is 23.4 Å². The van der Waals surface area contributed by atoms with Crippen molar-refractivity contribution >= 4 is 25.7 Å². The van der Waals surface area contributed by atoms with Crippen LogP contribution in [0.25, 0.3) is 0 Å². The monoisotopic (exact) mass is 858 g/mol. The second kappa shape index (κ2) is 42.6. The topological polar surface area (TPSA) is 172 Å². The van der Waals surface area contributed by atoms with Gasteiger partial charge in [0.15, 0.2) is 6.10 Å². The van der Waals surface area contributed by atoms with E-state index in [1.54, 1.807) is 0 Å². The molecule has 0 aliphatic rings. The molecule has 0 amide bonds. The van der Waals surface area contributed by atoms with Gasteiger partial charge in [0.2, 0.25) is 0 Å². The third kappa shape index (κ3) is 42.4. The van der Waals surface area contributed by atoms with Crippen LogP contribution in [-0.2, 0) is 37.5 Å². The van der Waals surface area contributed by atoms with Gasteiger partial charge in [-0.05, 0) is 44.9 Å². The fourth-order valence-electron chi connectivity index (χ4n) is 6.68. The largest absolute Gasteiger partial charge is 0.480 e. The van der Waals surface area contributed by atoms with Crippen molar-refractivity contribution in [3.63, 3.8) is 0 Å². The Bertz CT molecular complexity index is 1100. The van der Waals surface area contributed by atoms with Crippen LogP contribution in [0.5, 0.6) is 0 Å². The Hall–Kier alpha value is -2.04. The minimum absolute atomic E-state index is 0.159. The maximum absolute atomic E-state index is 12.7. The van der Waals surface area contributed by atoms with Crippen molar-refractivity contribution < 1.29 is 47.5 Å². The zero-order chi connectivity index (χ0) is 43.5. The van der Waals surface area contributed by atoms with Crippen molar-refractivity contribution in [3.8, 4) is 0 Å². The zero-order valence-electron chi connectivity index (χ0n) is 37.6. The van der Waals surface area contributed by atoms with Gasteiger partial charge in [0.1, 0.15) is 12.6 Å². The van der Waals surface area contributed by atoms with Gasteiger partial charge in [-0.1, -0.05) is 192 Å². The SMILES string of the molecule is CCCCCCCC/C=C/C/C=C/CCCCC(=O)OC[C@H](COP(=O)(O)OC[C@H](N)C(=O)O)OC(=O)CCCCCCCCCCCCCCCCCCCCCC. The van der Waals surface area contributed by atoms with E-state index in [0.29, 0.717) is 12.8 Å². The van der Waals surface area contributed by atoms with Gasteiger partial charge in [-0.2, -0.15) is 0 Å². The number of carboxylic acids is 1. The van der Waals surface area contributed by atoms with Crippen molar-refractivity contribution in [2.75, 3.05) is 19.8 Å². The number of esters is 2. The van der Waals surface area contributed by atoms with E-state index >= 15 is 0 Å². The van der Waals surface area contributed by atoms with E-state index in [9.17, 15) is 23.8 Å². The molecule has 12 heteroatoms. The van der Waals surface area contributed by atoms with E-state index in [1.165, 1.54) is 141 Å². The molecule has 0 aliphatic heterocycles. The van der Waals surface area contributed by atoms with Crippen LogP contribution < -0.4 is 5.73 Å². The number of rotatable bonds is 45. The molecule has 0 fully saturated rings. The highest BCUT2D eigenvalue weighted by molar-refractivity contribution is 7.47. The first-order chi connectivity index (χ1) is 28.6. The molecule has 1 unspecified atom stereocenters. The van der Waals surface area contributed by atoms with Gasteiger partial charge < -0.3 is 25.2 Å². The summed E-state index contributed by atoms with van der Waals surface area (Å²) in [7, 11) is -4.72. The van der Waals surface area contributed by atoms with Crippen LogP contribution >= 0.6 is 7.82 Å². The Morgan fingerprint density at radius 1 is 0.525 bits per heavy atom. The lowest BCUT2D eigenvalue weighted by Gasteiger charge is -2.20. The van der Waals surface area contributed by atoms with Gasteiger partial charge in [-0.15, -0.1) is 0 Å². The molecule has 0 bridgehead atoms. The summed E-state index contributed by atoms with van der Waals surface area (Å²) < 4.78 is 32.7. The smallest absolute Gasteiger partial charge is 0.472 e. The fraction of sp³-hybridized carbons (Fsp3) is 0.851. The number of aliphatic carboxylic acids is 1. The summed E-state index contributed by atoms with van der Waals surface area (Å²) in [6.45, 7) is 2.80.